The van der Waals surface area contributed by atoms with Gasteiger partial charge in [-0.15, -0.1) is 0 Å². The van der Waals surface area contributed by atoms with E-state index in [1.165, 1.54) is 36.8 Å². The number of aromatic nitrogens is 1. The first-order valence-electron chi connectivity index (χ1n) is 8.27. The maximum absolute atomic E-state index is 6.41. The van der Waals surface area contributed by atoms with Crippen LogP contribution in [0, 0.1) is 0 Å². The average molecular weight is 317 g/mol. The molecule has 2 heterocycles. The summed E-state index contributed by atoms with van der Waals surface area (Å²) in [7, 11) is 0. The third-order valence-electron chi connectivity index (χ3n) is 5.01. The fraction of sp³-hybridized carbons (Fsp3) is 0.500. The van der Waals surface area contributed by atoms with Gasteiger partial charge in [0.2, 0.25) is 0 Å². The van der Waals surface area contributed by atoms with Gasteiger partial charge in [0.1, 0.15) is 11.5 Å². The molecule has 116 valence electrons. The minimum Gasteiger partial charge on any atom is -0.361 e. The first-order valence-corrected chi connectivity index (χ1v) is 8.65. The van der Waals surface area contributed by atoms with Crippen molar-refractivity contribution in [3.63, 3.8) is 0 Å². The Labute approximate surface area is 136 Å². The Morgan fingerprint density at radius 2 is 2.05 bits per heavy atom. The molecule has 0 N–H and O–H groups in total. The maximum Gasteiger partial charge on any atom is 0.140 e. The summed E-state index contributed by atoms with van der Waals surface area (Å²) in [5.41, 5.74) is 3.77. The molecular weight excluding hydrogens is 296 g/mol. The zero-order valence-electron chi connectivity index (χ0n) is 12.7. The van der Waals surface area contributed by atoms with Gasteiger partial charge in [-0.1, -0.05) is 35.0 Å². The van der Waals surface area contributed by atoms with Gasteiger partial charge in [0.05, 0.1) is 0 Å². The fourth-order valence-electron chi connectivity index (χ4n) is 3.88. The molecule has 1 atom stereocenters. The summed E-state index contributed by atoms with van der Waals surface area (Å²) in [5, 5.41) is 5.24. The maximum atomic E-state index is 6.41. The molecule has 1 saturated heterocycles. The van der Waals surface area contributed by atoms with Gasteiger partial charge < -0.3 is 4.52 Å². The molecule has 3 nitrogen and oxygen atoms in total. The van der Waals surface area contributed by atoms with Crippen LogP contribution < -0.4 is 0 Å². The Balaban J connectivity index is 1.57. The Morgan fingerprint density at radius 1 is 1.18 bits per heavy atom. The molecule has 1 unspecified atom stereocenters. The van der Waals surface area contributed by atoms with Gasteiger partial charge in [-0.05, 0) is 50.3 Å². The number of hydrogen-bond acceptors (Lipinski definition) is 3. The molecule has 0 amide bonds. The standard InChI is InChI=1S/C18H21ClN2O/c19-15-8-3-1-6-13(15)17-9-5-11-21(17)12-16-14-7-2-4-10-18(14)22-20-16/h1,3,6,8,17H,2,4-5,7,9-12H2. The van der Waals surface area contributed by atoms with Gasteiger partial charge in [-0.3, -0.25) is 4.90 Å². The van der Waals surface area contributed by atoms with Crippen molar-refractivity contribution in [3.05, 3.63) is 51.9 Å². The Morgan fingerprint density at radius 3 is 2.95 bits per heavy atom. The number of halogens is 1. The summed E-state index contributed by atoms with van der Waals surface area (Å²) >= 11 is 6.41. The van der Waals surface area contributed by atoms with Crippen molar-refractivity contribution in [2.24, 2.45) is 0 Å². The lowest BCUT2D eigenvalue weighted by atomic mass is 9.96. The number of hydrogen-bond donors (Lipinski definition) is 0. The normalized spacial score (nSPS) is 22.0. The molecule has 0 saturated carbocycles. The molecule has 1 aromatic carbocycles. The van der Waals surface area contributed by atoms with Crippen LogP contribution in [0.5, 0.6) is 0 Å². The van der Waals surface area contributed by atoms with Gasteiger partial charge in [-0.25, -0.2) is 0 Å². The van der Waals surface area contributed by atoms with E-state index in [9.17, 15) is 0 Å². The number of rotatable bonds is 3. The smallest absolute Gasteiger partial charge is 0.140 e. The molecule has 4 heteroatoms. The predicted octanol–water partition coefficient (Wildman–Crippen LogP) is 4.54. The molecule has 2 aliphatic rings. The third-order valence-corrected chi connectivity index (χ3v) is 5.36. The van der Waals surface area contributed by atoms with Crippen molar-refractivity contribution in [2.75, 3.05) is 6.54 Å². The zero-order chi connectivity index (χ0) is 14.9. The van der Waals surface area contributed by atoms with E-state index in [2.05, 4.69) is 22.2 Å². The van der Waals surface area contributed by atoms with Crippen LogP contribution in [-0.4, -0.2) is 16.6 Å². The van der Waals surface area contributed by atoms with Crippen LogP contribution in [0.3, 0.4) is 0 Å². The van der Waals surface area contributed by atoms with Crippen LogP contribution >= 0.6 is 11.6 Å². The van der Waals surface area contributed by atoms with Gasteiger partial charge in [0.25, 0.3) is 0 Å². The van der Waals surface area contributed by atoms with E-state index < -0.39 is 0 Å². The highest BCUT2D eigenvalue weighted by Crippen LogP contribution is 2.37. The van der Waals surface area contributed by atoms with Gasteiger partial charge in [0.15, 0.2) is 0 Å². The molecule has 4 rings (SSSR count). The van der Waals surface area contributed by atoms with Gasteiger partial charge in [-0.2, -0.15) is 0 Å². The first kappa shape index (κ1) is 14.3. The van der Waals surface area contributed by atoms with Gasteiger partial charge >= 0.3 is 0 Å². The van der Waals surface area contributed by atoms with Crippen LogP contribution in [0.2, 0.25) is 5.02 Å². The van der Waals surface area contributed by atoms with Gasteiger partial charge in [0, 0.05) is 29.6 Å². The van der Waals surface area contributed by atoms with E-state index in [-0.39, 0.29) is 0 Å². The Bertz CT molecular complexity index is 667. The lowest BCUT2D eigenvalue weighted by molar-refractivity contribution is 0.239. The highest BCUT2D eigenvalue weighted by Gasteiger charge is 2.30. The molecule has 1 aromatic heterocycles. The number of likely N-dealkylation sites (tertiary alicyclic amines) is 1. The summed E-state index contributed by atoms with van der Waals surface area (Å²) in [6.45, 7) is 1.99. The molecule has 0 bridgehead atoms. The van der Waals surface area contributed by atoms with Crippen molar-refractivity contribution in [1.82, 2.24) is 10.1 Å². The molecule has 1 fully saturated rings. The minimum atomic E-state index is 0.407. The number of benzene rings is 1. The number of nitrogens with zero attached hydrogens (tertiary/aromatic N) is 2. The Hall–Kier alpha value is -1.32. The molecule has 22 heavy (non-hydrogen) atoms. The first-order chi connectivity index (χ1) is 10.8. The molecule has 0 radical (unpaired) electrons. The summed E-state index contributed by atoms with van der Waals surface area (Å²) in [6.07, 6.45) is 7.05. The molecule has 2 aromatic rings. The molecular formula is C18H21ClN2O. The summed E-state index contributed by atoms with van der Waals surface area (Å²) in [6, 6.07) is 8.63. The van der Waals surface area contributed by atoms with Crippen molar-refractivity contribution in [2.45, 2.75) is 51.1 Å². The summed E-state index contributed by atoms with van der Waals surface area (Å²) < 4.78 is 5.56. The topological polar surface area (TPSA) is 29.3 Å². The zero-order valence-corrected chi connectivity index (χ0v) is 13.5. The summed E-state index contributed by atoms with van der Waals surface area (Å²) in [4.78, 5) is 2.51. The second-order valence-electron chi connectivity index (χ2n) is 6.39. The van der Waals surface area contributed by atoms with E-state index in [1.54, 1.807) is 0 Å². The van der Waals surface area contributed by atoms with Crippen LogP contribution in [0.15, 0.2) is 28.8 Å². The Kier molecular flexibility index (Phi) is 3.93. The summed E-state index contributed by atoms with van der Waals surface area (Å²) in [5.74, 6) is 1.12. The number of aryl methyl sites for hydroxylation is 1. The average Bonchev–Trinajstić information content (AvgIpc) is 3.16. The molecule has 0 spiro atoms. The third kappa shape index (κ3) is 2.57. The van der Waals surface area contributed by atoms with Crippen molar-refractivity contribution in [1.29, 1.82) is 0 Å². The highest BCUT2D eigenvalue weighted by atomic mass is 35.5. The lowest BCUT2D eigenvalue weighted by Crippen LogP contribution is -2.24. The van der Waals surface area contributed by atoms with Crippen LogP contribution in [0.4, 0.5) is 0 Å². The van der Waals surface area contributed by atoms with E-state index in [1.807, 2.05) is 12.1 Å². The minimum absolute atomic E-state index is 0.407. The quantitative estimate of drug-likeness (QED) is 0.832. The fourth-order valence-corrected chi connectivity index (χ4v) is 4.14. The van der Waals surface area contributed by atoms with Crippen LogP contribution in [0.25, 0.3) is 0 Å². The van der Waals surface area contributed by atoms with E-state index in [0.717, 1.165) is 42.4 Å². The van der Waals surface area contributed by atoms with E-state index in [4.69, 9.17) is 16.1 Å². The van der Waals surface area contributed by atoms with Crippen LogP contribution in [-0.2, 0) is 19.4 Å². The number of fused-ring (bicyclic) bond motifs is 1. The lowest BCUT2D eigenvalue weighted by Gasteiger charge is -2.25. The highest BCUT2D eigenvalue weighted by molar-refractivity contribution is 6.31. The van der Waals surface area contributed by atoms with Crippen molar-refractivity contribution < 1.29 is 4.52 Å². The second kappa shape index (κ2) is 6.05. The molecule has 1 aliphatic heterocycles. The predicted molar refractivity (Wildman–Crippen MR) is 87.0 cm³/mol. The largest absolute Gasteiger partial charge is 0.361 e. The van der Waals surface area contributed by atoms with Crippen LogP contribution in [0.1, 0.15) is 54.3 Å². The van der Waals surface area contributed by atoms with E-state index in [0.29, 0.717) is 6.04 Å². The SMILES string of the molecule is Clc1ccccc1C1CCCN1Cc1noc2c1CCCC2. The second-order valence-corrected chi connectivity index (χ2v) is 6.80. The van der Waals surface area contributed by atoms with E-state index >= 15 is 0 Å². The molecule has 1 aliphatic carbocycles. The van der Waals surface area contributed by atoms with Crippen molar-refractivity contribution in [3.8, 4) is 0 Å². The monoisotopic (exact) mass is 316 g/mol. The van der Waals surface area contributed by atoms with Crippen molar-refractivity contribution >= 4 is 11.6 Å².